The molecule has 0 radical (unpaired) electrons. The Morgan fingerprint density at radius 3 is 1.86 bits per heavy atom. The number of methoxy groups -OCH3 is 1. The highest BCUT2D eigenvalue weighted by molar-refractivity contribution is 9.09. The van der Waals surface area contributed by atoms with E-state index in [1.165, 1.54) is 0 Å². The van der Waals surface area contributed by atoms with Crippen molar-refractivity contribution >= 4 is 15.9 Å². The van der Waals surface area contributed by atoms with E-state index >= 15 is 0 Å². The predicted molar refractivity (Wildman–Crippen MR) is 92.5 cm³/mol. The van der Waals surface area contributed by atoms with Gasteiger partial charge in [-0.2, -0.15) is 0 Å². The van der Waals surface area contributed by atoms with Crippen LogP contribution in [0.3, 0.4) is 0 Å². The van der Waals surface area contributed by atoms with Crippen LogP contribution in [0.1, 0.15) is 13.3 Å². The molecule has 3 heteroatoms. The third kappa shape index (κ3) is 8.41. The van der Waals surface area contributed by atoms with Gasteiger partial charge in [-0.15, -0.1) is 0 Å². The molecule has 0 aliphatic carbocycles. The minimum absolute atomic E-state index is 0.611. The first-order valence-corrected chi connectivity index (χ1v) is 8.21. The van der Waals surface area contributed by atoms with Gasteiger partial charge in [-0.3, -0.25) is 0 Å². The van der Waals surface area contributed by atoms with Crippen molar-refractivity contribution in [3.8, 4) is 11.5 Å². The smallest absolute Gasteiger partial charge is 0.119 e. The van der Waals surface area contributed by atoms with Gasteiger partial charge in [-0.1, -0.05) is 59.3 Å². The minimum Gasteiger partial charge on any atom is -0.497 e. The number of rotatable bonds is 6. The van der Waals surface area contributed by atoms with E-state index < -0.39 is 0 Å². The summed E-state index contributed by atoms with van der Waals surface area (Å²) in [5.41, 5.74) is 0. The molecule has 0 saturated heterocycles. The molecule has 1 atom stereocenters. The summed E-state index contributed by atoms with van der Waals surface area (Å²) in [5, 5.41) is 1.05. The summed E-state index contributed by atoms with van der Waals surface area (Å²) in [7, 11) is 1.66. The third-order valence-corrected chi connectivity index (χ3v) is 3.32. The van der Waals surface area contributed by atoms with Gasteiger partial charge >= 0.3 is 0 Å². The second-order valence-corrected chi connectivity index (χ2v) is 5.52. The highest BCUT2D eigenvalue weighted by atomic mass is 79.9. The molecule has 0 heterocycles. The summed E-state index contributed by atoms with van der Waals surface area (Å²) in [6.07, 6.45) is 1.16. The van der Waals surface area contributed by atoms with Gasteiger partial charge in [0.2, 0.25) is 0 Å². The molecule has 2 aromatic rings. The number of alkyl halides is 1. The SMILES string of the molecule is CC(CCBr)COc1ccccc1.COc1ccccc1. The molecule has 0 N–H and O–H groups in total. The number of benzene rings is 2. The fourth-order valence-electron chi connectivity index (χ4n) is 1.58. The van der Waals surface area contributed by atoms with Crippen LogP contribution in [0, 0.1) is 5.92 Å². The maximum atomic E-state index is 5.60. The normalized spacial score (nSPS) is 11.0. The van der Waals surface area contributed by atoms with Crippen molar-refractivity contribution in [3.63, 3.8) is 0 Å². The number of hydrogen-bond donors (Lipinski definition) is 0. The van der Waals surface area contributed by atoms with Gasteiger partial charge in [-0.05, 0) is 36.6 Å². The quantitative estimate of drug-likeness (QED) is 0.668. The van der Waals surface area contributed by atoms with Gasteiger partial charge in [0.25, 0.3) is 0 Å². The fraction of sp³-hybridized carbons (Fsp3) is 0.333. The molecule has 0 spiro atoms. The van der Waals surface area contributed by atoms with E-state index in [1.54, 1.807) is 7.11 Å². The van der Waals surface area contributed by atoms with Gasteiger partial charge in [-0.25, -0.2) is 0 Å². The summed E-state index contributed by atoms with van der Waals surface area (Å²) in [4.78, 5) is 0. The van der Waals surface area contributed by atoms with Crippen molar-refractivity contribution in [2.24, 2.45) is 5.92 Å². The van der Waals surface area contributed by atoms with Gasteiger partial charge in [0.05, 0.1) is 13.7 Å². The highest BCUT2D eigenvalue weighted by Gasteiger charge is 2.01. The Morgan fingerprint density at radius 1 is 0.905 bits per heavy atom. The monoisotopic (exact) mass is 350 g/mol. The molecular formula is C18H23BrO2. The molecule has 0 saturated carbocycles. The Balaban J connectivity index is 0.000000235. The van der Waals surface area contributed by atoms with E-state index in [0.29, 0.717) is 5.92 Å². The molecule has 2 rings (SSSR count). The van der Waals surface area contributed by atoms with Crippen LogP contribution < -0.4 is 9.47 Å². The van der Waals surface area contributed by atoms with Gasteiger partial charge < -0.3 is 9.47 Å². The molecular weight excluding hydrogens is 328 g/mol. The van der Waals surface area contributed by atoms with Crippen LogP contribution in [0.4, 0.5) is 0 Å². The summed E-state index contributed by atoms with van der Waals surface area (Å²) >= 11 is 3.42. The van der Waals surface area contributed by atoms with Crippen molar-refractivity contribution < 1.29 is 9.47 Å². The first-order chi connectivity index (χ1) is 10.3. The lowest BCUT2D eigenvalue weighted by atomic mass is 10.1. The predicted octanol–water partition coefficient (Wildman–Crippen LogP) is 5.18. The van der Waals surface area contributed by atoms with E-state index in [4.69, 9.17) is 9.47 Å². The molecule has 0 aliphatic rings. The zero-order chi connectivity index (χ0) is 15.3. The zero-order valence-electron chi connectivity index (χ0n) is 12.7. The van der Waals surface area contributed by atoms with Crippen LogP contribution in [-0.4, -0.2) is 19.0 Å². The number of hydrogen-bond acceptors (Lipinski definition) is 2. The Bertz CT molecular complexity index is 459. The standard InChI is InChI=1S/C11H15BrO.C7H8O/c1-10(7-8-12)9-13-11-5-3-2-4-6-11;1-8-7-5-3-2-4-6-7/h2-6,10H,7-9H2,1H3;2-6H,1H3. The van der Waals surface area contributed by atoms with Crippen LogP contribution in [-0.2, 0) is 0 Å². The summed E-state index contributed by atoms with van der Waals surface area (Å²) in [5.74, 6) is 2.48. The van der Waals surface area contributed by atoms with Crippen LogP contribution in [0.5, 0.6) is 11.5 Å². The largest absolute Gasteiger partial charge is 0.497 e. The van der Waals surface area contributed by atoms with Crippen molar-refractivity contribution in [1.82, 2.24) is 0 Å². The molecule has 1 unspecified atom stereocenters. The molecule has 21 heavy (non-hydrogen) atoms. The average molecular weight is 351 g/mol. The summed E-state index contributed by atoms with van der Waals surface area (Å²) < 4.78 is 10.5. The van der Waals surface area contributed by atoms with Crippen molar-refractivity contribution in [2.75, 3.05) is 19.0 Å². The lowest BCUT2D eigenvalue weighted by Gasteiger charge is -2.11. The minimum atomic E-state index is 0.611. The molecule has 0 amide bonds. The second kappa shape index (κ2) is 11.2. The zero-order valence-corrected chi connectivity index (χ0v) is 14.3. The number of para-hydroxylation sites is 2. The van der Waals surface area contributed by atoms with E-state index in [2.05, 4.69) is 22.9 Å². The van der Waals surface area contributed by atoms with Gasteiger partial charge in [0.15, 0.2) is 0 Å². The Morgan fingerprint density at radius 2 is 1.43 bits per heavy atom. The lowest BCUT2D eigenvalue weighted by molar-refractivity contribution is 0.257. The van der Waals surface area contributed by atoms with Crippen LogP contribution >= 0.6 is 15.9 Å². The molecule has 2 aromatic carbocycles. The maximum absolute atomic E-state index is 5.60. The molecule has 0 aliphatic heterocycles. The first kappa shape index (κ1) is 17.6. The summed E-state index contributed by atoms with van der Waals surface area (Å²) in [6, 6.07) is 19.6. The topological polar surface area (TPSA) is 18.5 Å². The highest BCUT2D eigenvalue weighted by Crippen LogP contribution is 2.11. The van der Waals surface area contributed by atoms with Crippen LogP contribution in [0.2, 0.25) is 0 Å². The second-order valence-electron chi connectivity index (χ2n) is 4.72. The third-order valence-electron chi connectivity index (χ3n) is 2.86. The summed E-state index contributed by atoms with van der Waals surface area (Å²) in [6.45, 7) is 3.00. The van der Waals surface area contributed by atoms with E-state index in [-0.39, 0.29) is 0 Å². The first-order valence-electron chi connectivity index (χ1n) is 7.09. The van der Waals surface area contributed by atoms with E-state index in [1.807, 2.05) is 60.7 Å². The van der Waals surface area contributed by atoms with E-state index in [9.17, 15) is 0 Å². The fourth-order valence-corrected chi connectivity index (χ4v) is 2.36. The molecule has 114 valence electrons. The van der Waals surface area contributed by atoms with Crippen molar-refractivity contribution in [2.45, 2.75) is 13.3 Å². The number of halogens is 1. The van der Waals surface area contributed by atoms with Gasteiger partial charge in [0, 0.05) is 5.33 Å². The number of ether oxygens (including phenoxy) is 2. The van der Waals surface area contributed by atoms with Gasteiger partial charge in [0.1, 0.15) is 11.5 Å². The Hall–Kier alpha value is -1.48. The van der Waals surface area contributed by atoms with Crippen molar-refractivity contribution in [3.05, 3.63) is 60.7 Å². The van der Waals surface area contributed by atoms with Crippen molar-refractivity contribution in [1.29, 1.82) is 0 Å². The lowest BCUT2D eigenvalue weighted by Crippen LogP contribution is -2.08. The molecule has 2 nitrogen and oxygen atoms in total. The van der Waals surface area contributed by atoms with Crippen LogP contribution in [0.25, 0.3) is 0 Å². The Kier molecular flexibility index (Phi) is 9.38. The van der Waals surface area contributed by atoms with E-state index in [0.717, 1.165) is 29.9 Å². The van der Waals surface area contributed by atoms with Crippen LogP contribution in [0.15, 0.2) is 60.7 Å². The molecule has 0 fully saturated rings. The molecule has 0 bridgehead atoms. The maximum Gasteiger partial charge on any atom is 0.119 e. The Labute approximate surface area is 136 Å². The molecule has 0 aromatic heterocycles. The average Bonchev–Trinajstić information content (AvgIpc) is 2.55.